The zero-order valence-corrected chi connectivity index (χ0v) is 41.3. The Hall–Kier alpha value is 1.12. The number of fused-ring (bicyclic) bond motifs is 8. The molecule has 8 bridgehead atoms. The van der Waals surface area contributed by atoms with Crippen LogP contribution in [-0.2, 0) is 40.5 Å². The molecule has 4 aromatic rings. The van der Waals surface area contributed by atoms with Gasteiger partial charge in [-0.05, 0) is 48.5 Å². The number of hydrogen-bond donors (Lipinski definition) is 8. The van der Waals surface area contributed by atoms with Gasteiger partial charge in [-0.25, -0.2) is 0 Å². The molecule has 1 aliphatic heterocycles. The van der Waals surface area contributed by atoms with Crippen molar-refractivity contribution < 1.29 is 72.3 Å². The Bertz CT molecular complexity index is 2070. The van der Waals surface area contributed by atoms with Crippen LogP contribution in [0.1, 0.15) is 0 Å². The van der Waals surface area contributed by atoms with Gasteiger partial charge < -0.3 is 20.4 Å². The summed E-state index contributed by atoms with van der Waals surface area (Å²) < 4.78 is 137. The Morgan fingerprint density at radius 2 is 0.423 bits per heavy atom. The molecule has 5 rings (SSSR count). The molecule has 0 saturated heterocycles. The molecule has 52 heavy (non-hydrogen) atoms. The molecular weight excluding hydrogens is 893 g/mol. The van der Waals surface area contributed by atoms with Gasteiger partial charge in [0.05, 0.1) is 58.7 Å². The van der Waals surface area contributed by atoms with Crippen LogP contribution in [0.2, 0.25) is 0 Å². The topological polar surface area (TPSA) is 298 Å². The van der Waals surface area contributed by atoms with Crippen LogP contribution in [0.5, 0.6) is 23.0 Å². The van der Waals surface area contributed by atoms with Crippen LogP contribution >= 0.6 is 47.0 Å². The largest absolute Gasteiger partial charge is 0.506 e. The average molecular weight is 909 g/mol. The molecule has 0 unspecified atom stereocenters. The van der Waals surface area contributed by atoms with Crippen molar-refractivity contribution in [2.24, 2.45) is 0 Å². The van der Waals surface area contributed by atoms with Gasteiger partial charge in [0.25, 0.3) is 40.5 Å². The van der Waals surface area contributed by atoms with E-state index in [9.17, 15) is 72.3 Å². The van der Waals surface area contributed by atoms with Crippen LogP contribution < -0.4 is 0 Å². The molecule has 28 heteroatoms. The fourth-order valence-corrected chi connectivity index (χ4v) is 11.0. The van der Waals surface area contributed by atoms with E-state index < -0.39 is 122 Å². The summed E-state index contributed by atoms with van der Waals surface area (Å²) in [4.78, 5) is -7.23. The predicted molar refractivity (Wildman–Crippen MR) is 191 cm³/mol. The Balaban J connectivity index is 0.00000338. The second-order valence-electron chi connectivity index (χ2n) is 9.38. The third kappa shape index (κ3) is 11.6. The maximum absolute atomic E-state index is 12.2. The number of benzene rings is 4. The average Bonchev–Trinajstić information content (AvgIpc) is 2.93. The molecule has 4 radical (unpaired) electrons. The monoisotopic (exact) mass is 908 g/mol. The number of phenolic OH excluding ortho intramolecular Hbond substituents is 4. The molecule has 4 aromatic carbocycles. The normalized spacial score (nSPS) is 13.0. The van der Waals surface area contributed by atoms with Gasteiger partial charge in [0.15, 0.2) is 0 Å². The molecule has 16 nitrogen and oxygen atoms in total. The molecule has 0 fully saturated rings. The Morgan fingerprint density at radius 1 is 0.308 bits per heavy atom. The van der Waals surface area contributed by atoms with E-state index in [0.29, 0.717) is 47.0 Å². The van der Waals surface area contributed by atoms with Crippen molar-refractivity contribution in [1.29, 1.82) is 0 Å². The van der Waals surface area contributed by atoms with Gasteiger partial charge >= 0.3 is 0 Å². The third-order valence-corrected chi connectivity index (χ3v) is 13.7. The molecule has 0 spiro atoms. The first kappa shape index (κ1) is 51.1. The zero-order valence-electron chi connectivity index (χ0n) is 26.7. The number of phenols is 4. The summed E-state index contributed by atoms with van der Waals surface area (Å²) in [5.74, 6) is -3.16. The smallest absolute Gasteiger partial charge is 0.294 e. The molecular formula is C24H16Na4O16S8. The minimum atomic E-state index is -5.05. The van der Waals surface area contributed by atoms with E-state index in [1.54, 1.807) is 0 Å². The van der Waals surface area contributed by atoms with Crippen molar-refractivity contribution in [2.75, 3.05) is 0 Å². The van der Waals surface area contributed by atoms with Gasteiger partial charge in [0, 0.05) is 118 Å². The number of aromatic hydroxyl groups is 4. The Labute approximate surface area is 401 Å². The van der Waals surface area contributed by atoms with E-state index in [1.807, 2.05) is 0 Å². The van der Waals surface area contributed by atoms with Crippen LogP contribution in [0.25, 0.3) is 0 Å². The number of hydrogen-bond acceptors (Lipinski definition) is 16. The van der Waals surface area contributed by atoms with Gasteiger partial charge in [-0.1, -0.05) is 47.0 Å². The van der Waals surface area contributed by atoms with E-state index in [-0.39, 0.29) is 118 Å². The summed E-state index contributed by atoms with van der Waals surface area (Å²) in [7, 11) is -20.2. The Morgan fingerprint density at radius 3 is 0.519 bits per heavy atom. The van der Waals surface area contributed by atoms with Crippen LogP contribution in [0.15, 0.2) is 107 Å². The van der Waals surface area contributed by atoms with Crippen molar-refractivity contribution in [3.05, 3.63) is 48.5 Å². The van der Waals surface area contributed by atoms with Crippen molar-refractivity contribution in [2.45, 2.75) is 58.7 Å². The summed E-state index contributed by atoms with van der Waals surface area (Å²) >= 11 is 1.24. The van der Waals surface area contributed by atoms with Gasteiger partial charge in [0.1, 0.15) is 23.0 Å². The van der Waals surface area contributed by atoms with Crippen LogP contribution in [0.4, 0.5) is 0 Å². The summed E-state index contributed by atoms with van der Waals surface area (Å²) in [6, 6.07) is 5.76. The minimum Gasteiger partial charge on any atom is -0.506 e. The molecule has 8 N–H and O–H groups in total. The van der Waals surface area contributed by atoms with Crippen molar-refractivity contribution in [1.82, 2.24) is 0 Å². The van der Waals surface area contributed by atoms with Crippen LogP contribution in [-0.4, -0.2) is 191 Å². The van der Waals surface area contributed by atoms with Gasteiger partial charge in [0.2, 0.25) is 0 Å². The molecule has 1 aliphatic rings. The summed E-state index contributed by atoms with van der Waals surface area (Å²) in [6.07, 6.45) is 0. The van der Waals surface area contributed by atoms with Gasteiger partial charge in [-0.2, -0.15) is 33.7 Å². The molecule has 1 heterocycles. The second kappa shape index (κ2) is 18.8. The van der Waals surface area contributed by atoms with Gasteiger partial charge in [-0.15, -0.1) is 0 Å². The standard InChI is InChI=1S/C24H16O16S8.4Na/c25-21-13-1-9(45(29,30)31)2-14(21)42-17-5-11(47(35,36)37)6-18(23(17)27)44-20-8-12(48(38,39)40)7-19(24(20)28)43-16-4-10(46(32,33)34)3-15(41-13)22(16)26;;;;/h1-8,25-28H,(H,29,30,31)(H,32,33,34)(H,35,36,37)(H,38,39,40);;;;. The molecule has 0 aliphatic carbocycles. The van der Waals surface area contributed by atoms with E-state index in [1.165, 1.54) is 0 Å². The first-order chi connectivity index (χ1) is 21.9. The van der Waals surface area contributed by atoms with E-state index in [0.717, 1.165) is 48.5 Å². The first-order valence-corrected chi connectivity index (χ1v) is 21.1. The van der Waals surface area contributed by atoms with Gasteiger partial charge in [-0.3, -0.25) is 18.2 Å². The second-order valence-corrected chi connectivity index (χ2v) is 19.4. The third-order valence-electron chi connectivity index (χ3n) is 6.13. The number of rotatable bonds is 4. The van der Waals surface area contributed by atoms with Crippen LogP contribution in [0, 0.1) is 0 Å². The van der Waals surface area contributed by atoms with E-state index in [2.05, 4.69) is 0 Å². The fraction of sp³-hybridized carbons (Fsp3) is 0. The van der Waals surface area contributed by atoms with Crippen LogP contribution in [0.3, 0.4) is 0 Å². The molecule has 0 atom stereocenters. The predicted octanol–water partition coefficient (Wildman–Crippen LogP) is 2.89. The maximum atomic E-state index is 12.2. The van der Waals surface area contributed by atoms with Crippen molar-refractivity contribution in [3.63, 3.8) is 0 Å². The minimum absolute atomic E-state index is 0. The van der Waals surface area contributed by atoms with E-state index >= 15 is 0 Å². The maximum Gasteiger partial charge on any atom is 0.294 e. The van der Waals surface area contributed by atoms with E-state index in [4.69, 9.17) is 0 Å². The quantitative estimate of drug-likeness (QED) is 0.0950. The first-order valence-electron chi connectivity index (χ1n) is 12.0. The molecule has 0 amide bonds. The molecule has 260 valence electrons. The SMILES string of the molecule is O=S(=O)(O)c1cc2c(O)c(c1)Sc1cc(S(=O)(=O)O)cc(c1O)Sc1cc(S(=O)(=O)O)cc(c1O)Sc1cc(S(=O)(=O)O)cc(c1O)S2.[Na].[Na].[Na].[Na]. The molecule has 0 saturated carbocycles. The zero-order chi connectivity index (χ0) is 35.7. The van der Waals surface area contributed by atoms with Crippen molar-refractivity contribution >= 4 is 206 Å². The summed E-state index contributed by atoms with van der Waals surface area (Å²) in [6.45, 7) is 0. The molecule has 0 aromatic heterocycles. The summed E-state index contributed by atoms with van der Waals surface area (Å²) in [5.41, 5.74) is 0. The van der Waals surface area contributed by atoms with Crippen molar-refractivity contribution in [3.8, 4) is 23.0 Å². The fourth-order valence-electron chi connectivity index (χ4n) is 3.92. The Kier molecular flexibility index (Phi) is 18.5. The summed E-state index contributed by atoms with van der Waals surface area (Å²) in [5, 5.41) is 44.6.